The topological polar surface area (TPSA) is 102 Å². The van der Waals surface area contributed by atoms with Crippen LogP contribution in [-0.2, 0) is 9.59 Å². The quantitative estimate of drug-likeness (QED) is 0.483. The largest absolute Gasteiger partial charge is 0.397 e. The van der Waals surface area contributed by atoms with Gasteiger partial charge in [0.25, 0.3) is 5.91 Å². The summed E-state index contributed by atoms with van der Waals surface area (Å²) in [6.07, 6.45) is -5.76. The summed E-state index contributed by atoms with van der Waals surface area (Å²) in [6.45, 7) is 0.157. The number of amides is 4. The SMILES string of the molecule is O=C(CC(F)(F)F)NNC(=O)[C@@H]1CC[C@@H]2CN1C(=O)N2O. The number of nitrogens with zero attached hydrogens (tertiary/aromatic N) is 2. The van der Waals surface area contributed by atoms with Crippen LogP contribution in [0.5, 0.6) is 0 Å². The molecule has 2 atom stereocenters. The van der Waals surface area contributed by atoms with Crippen LogP contribution < -0.4 is 10.9 Å². The molecule has 0 saturated carbocycles. The van der Waals surface area contributed by atoms with E-state index >= 15 is 0 Å². The van der Waals surface area contributed by atoms with E-state index in [1.54, 1.807) is 5.43 Å². The number of rotatable bonds is 2. The summed E-state index contributed by atoms with van der Waals surface area (Å²) >= 11 is 0. The molecule has 0 unspecified atom stereocenters. The van der Waals surface area contributed by atoms with Crippen LogP contribution in [0.2, 0.25) is 0 Å². The third kappa shape index (κ3) is 3.35. The monoisotopic (exact) mass is 310 g/mol. The highest BCUT2D eigenvalue weighted by Crippen LogP contribution is 2.28. The van der Waals surface area contributed by atoms with Gasteiger partial charge in [0, 0.05) is 6.54 Å². The average Bonchev–Trinajstić information content (AvgIpc) is 2.60. The van der Waals surface area contributed by atoms with E-state index in [2.05, 4.69) is 0 Å². The first-order valence-electron chi connectivity index (χ1n) is 6.13. The molecular weight excluding hydrogens is 297 g/mol. The highest BCUT2D eigenvalue weighted by molar-refractivity contribution is 5.89. The van der Waals surface area contributed by atoms with Gasteiger partial charge in [-0.1, -0.05) is 0 Å². The Morgan fingerprint density at radius 1 is 1.29 bits per heavy atom. The van der Waals surface area contributed by atoms with Crippen molar-refractivity contribution in [1.82, 2.24) is 20.8 Å². The molecule has 0 aromatic carbocycles. The Hall–Kier alpha value is -2.04. The molecule has 2 rings (SSSR count). The lowest BCUT2D eigenvalue weighted by Gasteiger charge is -2.29. The molecule has 2 heterocycles. The Labute approximate surface area is 116 Å². The van der Waals surface area contributed by atoms with Gasteiger partial charge in [-0.05, 0) is 12.8 Å². The molecule has 0 aliphatic carbocycles. The van der Waals surface area contributed by atoms with Gasteiger partial charge < -0.3 is 4.90 Å². The number of nitrogens with one attached hydrogen (secondary N) is 2. The van der Waals surface area contributed by atoms with Crippen LogP contribution in [0.3, 0.4) is 0 Å². The number of urea groups is 1. The normalized spacial score (nSPS) is 25.0. The van der Waals surface area contributed by atoms with Crippen LogP contribution in [0, 0.1) is 0 Å². The number of hydrogen-bond donors (Lipinski definition) is 3. The molecule has 3 N–H and O–H groups in total. The number of hydrogen-bond acceptors (Lipinski definition) is 4. The van der Waals surface area contributed by atoms with Crippen LogP contribution in [0.4, 0.5) is 18.0 Å². The zero-order chi connectivity index (χ0) is 15.8. The Bertz CT molecular complexity index is 470. The predicted molar refractivity (Wildman–Crippen MR) is 59.5 cm³/mol. The zero-order valence-electron chi connectivity index (χ0n) is 10.7. The van der Waals surface area contributed by atoms with E-state index in [9.17, 15) is 32.8 Å². The number of carbonyl (C=O) groups excluding carboxylic acids is 3. The van der Waals surface area contributed by atoms with Crippen molar-refractivity contribution in [2.75, 3.05) is 6.54 Å². The van der Waals surface area contributed by atoms with Crippen molar-refractivity contribution in [2.24, 2.45) is 0 Å². The Morgan fingerprint density at radius 3 is 2.57 bits per heavy atom. The second-order valence-corrected chi connectivity index (χ2v) is 4.86. The minimum absolute atomic E-state index is 0.157. The first-order chi connectivity index (χ1) is 9.69. The van der Waals surface area contributed by atoms with Crippen LogP contribution in [0.15, 0.2) is 0 Å². The second-order valence-electron chi connectivity index (χ2n) is 4.86. The molecule has 4 amide bonds. The highest BCUT2D eigenvalue weighted by atomic mass is 19.4. The van der Waals surface area contributed by atoms with Crippen molar-refractivity contribution in [3.8, 4) is 0 Å². The number of piperidine rings is 1. The van der Waals surface area contributed by atoms with Crippen LogP contribution in [0.25, 0.3) is 0 Å². The third-order valence-electron chi connectivity index (χ3n) is 3.33. The van der Waals surface area contributed by atoms with Gasteiger partial charge in [-0.3, -0.25) is 25.6 Å². The van der Waals surface area contributed by atoms with Gasteiger partial charge in [-0.2, -0.15) is 13.2 Å². The maximum Gasteiger partial charge on any atom is 0.397 e. The molecule has 0 aromatic heterocycles. The van der Waals surface area contributed by atoms with E-state index in [0.717, 1.165) is 4.90 Å². The van der Waals surface area contributed by atoms with Gasteiger partial charge in [0.1, 0.15) is 12.5 Å². The van der Waals surface area contributed by atoms with Crippen molar-refractivity contribution in [1.29, 1.82) is 0 Å². The minimum Gasteiger partial charge on any atom is -0.309 e. The summed E-state index contributed by atoms with van der Waals surface area (Å²) in [5.41, 5.74) is 3.51. The fourth-order valence-electron chi connectivity index (χ4n) is 2.36. The van der Waals surface area contributed by atoms with E-state index < -0.39 is 36.5 Å². The van der Waals surface area contributed by atoms with Gasteiger partial charge in [0.2, 0.25) is 5.91 Å². The number of fused-ring (bicyclic) bond motifs is 2. The molecule has 0 aromatic rings. The summed E-state index contributed by atoms with van der Waals surface area (Å²) in [5, 5.41) is 9.97. The lowest BCUT2D eigenvalue weighted by atomic mass is 10.0. The number of hydroxylamine groups is 2. The van der Waals surface area contributed by atoms with Crippen molar-refractivity contribution < 1.29 is 32.8 Å². The van der Waals surface area contributed by atoms with Crippen LogP contribution in [0.1, 0.15) is 19.3 Å². The number of hydrazine groups is 1. The summed E-state index contributed by atoms with van der Waals surface area (Å²) in [6, 6.07) is -2.06. The molecule has 118 valence electrons. The van der Waals surface area contributed by atoms with Gasteiger partial charge in [0.05, 0.1) is 6.04 Å². The molecule has 21 heavy (non-hydrogen) atoms. The smallest absolute Gasteiger partial charge is 0.309 e. The first-order valence-corrected chi connectivity index (χ1v) is 6.13. The molecule has 0 spiro atoms. The Balaban J connectivity index is 1.87. The standard InChI is InChI=1S/C10H13F3N4O4/c11-10(12,13)3-7(18)14-15-8(19)6-2-1-5-4-16(6)9(20)17(5)21/h5-6,21H,1-4H2,(H,14,18)(H,15,19)/t5-,6+/m1/s1. The molecular formula is C10H13F3N4O4. The summed E-state index contributed by atoms with van der Waals surface area (Å²) < 4.78 is 35.8. The average molecular weight is 310 g/mol. The van der Waals surface area contributed by atoms with E-state index in [0.29, 0.717) is 11.5 Å². The van der Waals surface area contributed by atoms with Crippen molar-refractivity contribution in [3.63, 3.8) is 0 Å². The maximum atomic E-state index is 11.9. The van der Waals surface area contributed by atoms with Crippen molar-refractivity contribution >= 4 is 17.8 Å². The predicted octanol–water partition coefficient (Wildman–Crippen LogP) is -0.256. The van der Waals surface area contributed by atoms with Crippen LogP contribution >= 0.6 is 0 Å². The summed E-state index contributed by atoms with van der Waals surface area (Å²) in [7, 11) is 0. The van der Waals surface area contributed by atoms with Gasteiger partial charge in [-0.25, -0.2) is 9.86 Å². The maximum absolute atomic E-state index is 11.9. The summed E-state index contributed by atoms with van der Waals surface area (Å²) in [5.74, 6) is -2.20. The Kier molecular flexibility index (Phi) is 3.94. The second kappa shape index (κ2) is 5.39. The molecule has 8 nitrogen and oxygen atoms in total. The fourth-order valence-corrected chi connectivity index (χ4v) is 2.36. The van der Waals surface area contributed by atoms with Crippen molar-refractivity contribution in [3.05, 3.63) is 0 Å². The molecule has 2 fully saturated rings. The minimum atomic E-state index is -4.67. The van der Waals surface area contributed by atoms with Gasteiger partial charge in [0.15, 0.2) is 0 Å². The molecule has 11 heteroatoms. The highest BCUT2D eigenvalue weighted by Gasteiger charge is 2.46. The van der Waals surface area contributed by atoms with Crippen LogP contribution in [-0.4, -0.2) is 57.8 Å². The number of halogens is 3. The number of carbonyl (C=O) groups is 3. The fraction of sp³-hybridized carbons (Fsp3) is 0.700. The van der Waals surface area contributed by atoms with Gasteiger partial charge in [-0.15, -0.1) is 0 Å². The van der Waals surface area contributed by atoms with Gasteiger partial charge >= 0.3 is 12.2 Å². The molecule has 2 saturated heterocycles. The molecule has 2 bridgehead atoms. The number of alkyl halides is 3. The molecule has 2 aliphatic rings. The summed E-state index contributed by atoms with van der Waals surface area (Å²) in [4.78, 5) is 35.5. The first kappa shape index (κ1) is 15.4. The van der Waals surface area contributed by atoms with Crippen molar-refractivity contribution in [2.45, 2.75) is 37.5 Å². The molecule has 0 radical (unpaired) electrons. The lowest BCUT2D eigenvalue weighted by Crippen LogP contribution is -2.54. The molecule has 2 aliphatic heterocycles. The lowest BCUT2D eigenvalue weighted by molar-refractivity contribution is -0.155. The third-order valence-corrected chi connectivity index (χ3v) is 3.33. The van der Waals surface area contributed by atoms with E-state index in [1.807, 2.05) is 5.43 Å². The van der Waals surface area contributed by atoms with E-state index in [4.69, 9.17) is 0 Å². The van der Waals surface area contributed by atoms with E-state index in [1.165, 1.54) is 0 Å². The Morgan fingerprint density at radius 2 is 1.95 bits per heavy atom. The zero-order valence-corrected chi connectivity index (χ0v) is 10.7. The van der Waals surface area contributed by atoms with E-state index in [-0.39, 0.29) is 19.0 Å².